The first-order chi connectivity index (χ1) is 12.5. The van der Waals surface area contributed by atoms with Gasteiger partial charge in [-0.15, -0.1) is 0 Å². The Bertz CT molecular complexity index is 1100. The maximum atomic E-state index is 12.9. The molecule has 1 aliphatic rings. The molecule has 0 saturated carbocycles. The van der Waals surface area contributed by atoms with E-state index in [0.717, 1.165) is 24.2 Å². The van der Waals surface area contributed by atoms with Crippen molar-refractivity contribution in [2.45, 2.75) is 39.8 Å². The lowest BCUT2D eigenvalue weighted by atomic mass is 10.1. The van der Waals surface area contributed by atoms with E-state index in [-0.39, 0.29) is 11.0 Å². The average Bonchev–Trinajstić information content (AvgIpc) is 2.64. The van der Waals surface area contributed by atoms with Crippen molar-refractivity contribution in [2.24, 2.45) is 0 Å². The van der Waals surface area contributed by atoms with Crippen molar-refractivity contribution in [1.82, 2.24) is 14.9 Å². The predicted molar refractivity (Wildman–Crippen MR) is 99.3 cm³/mol. The molecule has 2 aromatic heterocycles. The molecule has 1 aromatic carbocycles. The molecule has 0 aliphatic carbocycles. The van der Waals surface area contributed by atoms with E-state index in [9.17, 15) is 9.59 Å². The van der Waals surface area contributed by atoms with Gasteiger partial charge in [0.15, 0.2) is 5.43 Å². The van der Waals surface area contributed by atoms with Crippen LogP contribution in [0.3, 0.4) is 0 Å². The van der Waals surface area contributed by atoms with Gasteiger partial charge >= 0.3 is 0 Å². The van der Waals surface area contributed by atoms with Crippen LogP contribution >= 0.6 is 0 Å². The van der Waals surface area contributed by atoms with Crippen molar-refractivity contribution in [1.29, 1.82) is 0 Å². The molecule has 0 saturated heterocycles. The van der Waals surface area contributed by atoms with E-state index in [1.165, 1.54) is 0 Å². The number of nitrogens with one attached hydrogen (secondary N) is 1. The number of hydrogen-bond donors (Lipinski definition) is 1. The zero-order valence-corrected chi connectivity index (χ0v) is 15.0. The lowest BCUT2D eigenvalue weighted by molar-refractivity contribution is 0.239. The summed E-state index contributed by atoms with van der Waals surface area (Å²) < 4.78 is 5.67. The number of nitrogens with zero attached hydrogens (tertiary/aromatic N) is 2. The van der Waals surface area contributed by atoms with Crippen LogP contribution in [0, 0.1) is 6.92 Å². The quantitative estimate of drug-likeness (QED) is 0.783. The number of fused-ring (bicyclic) bond motifs is 2. The van der Waals surface area contributed by atoms with Crippen LogP contribution in [0.5, 0.6) is 0 Å². The number of aryl methyl sites for hydroxylation is 2. The molecule has 0 amide bonds. The minimum absolute atomic E-state index is 0.00304. The van der Waals surface area contributed by atoms with E-state index in [2.05, 4.69) is 21.8 Å². The molecule has 0 atom stereocenters. The molecule has 26 heavy (non-hydrogen) atoms. The molecule has 6 heteroatoms. The van der Waals surface area contributed by atoms with Crippen molar-refractivity contribution >= 4 is 11.0 Å². The Balaban J connectivity index is 1.64. The number of aromatic amines is 1. The number of H-pyrrole nitrogens is 1. The second kappa shape index (κ2) is 6.53. The zero-order valence-electron chi connectivity index (χ0n) is 15.0. The molecule has 6 nitrogen and oxygen atoms in total. The van der Waals surface area contributed by atoms with Gasteiger partial charge in [0.1, 0.15) is 11.4 Å². The third kappa shape index (κ3) is 2.97. The van der Waals surface area contributed by atoms with Gasteiger partial charge in [-0.25, -0.2) is 4.98 Å². The highest BCUT2D eigenvalue weighted by atomic mass is 16.3. The molecule has 3 aromatic rings. The Morgan fingerprint density at radius 3 is 2.96 bits per heavy atom. The van der Waals surface area contributed by atoms with Crippen molar-refractivity contribution in [3.05, 3.63) is 73.2 Å². The van der Waals surface area contributed by atoms with Crippen LogP contribution < -0.4 is 11.0 Å². The molecule has 0 radical (unpaired) electrons. The summed E-state index contributed by atoms with van der Waals surface area (Å²) in [5, 5.41) is 0.620. The third-order valence-corrected chi connectivity index (χ3v) is 4.98. The van der Waals surface area contributed by atoms with Gasteiger partial charge < -0.3 is 9.40 Å². The largest absolute Gasteiger partial charge is 0.464 e. The first-order valence-corrected chi connectivity index (χ1v) is 8.89. The molecule has 0 unspecified atom stereocenters. The Labute approximate surface area is 150 Å². The highest BCUT2D eigenvalue weighted by Crippen LogP contribution is 2.18. The SMILES string of the molecule is CCc1ccc2occ(CN3CCc4nc(C)[nH]c(=O)c4C3)c(=O)c2c1. The molecule has 0 bridgehead atoms. The molecule has 134 valence electrons. The Morgan fingerprint density at radius 2 is 2.15 bits per heavy atom. The van der Waals surface area contributed by atoms with Gasteiger partial charge in [0.2, 0.25) is 0 Å². The summed E-state index contributed by atoms with van der Waals surface area (Å²) in [4.78, 5) is 34.3. The Hall–Kier alpha value is -2.73. The fraction of sp³-hybridized carbons (Fsp3) is 0.350. The number of rotatable bonds is 3. The van der Waals surface area contributed by atoms with Crippen LogP contribution in [0.2, 0.25) is 0 Å². The van der Waals surface area contributed by atoms with E-state index < -0.39 is 0 Å². The molecule has 4 rings (SSSR count). The second-order valence-electron chi connectivity index (χ2n) is 6.81. The smallest absolute Gasteiger partial charge is 0.255 e. The normalized spacial score (nSPS) is 14.5. The summed E-state index contributed by atoms with van der Waals surface area (Å²) >= 11 is 0. The standard InChI is InChI=1S/C20H21N3O3/c1-3-13-4-5-18-15(8-13)19(24)14(11-26-18)9-23-7-6-17-16(10-23)20(25)22-12(2)21-17/h4-5,8,11H,3,6-7,9-10H2,1-2H3,(H,21,22,25). The first kappa shape index (κ1) is 16.7. The van der Waals surface area contributed by atoms with Crippen molar-refractivity contribution < 1.29 is 4.42 Å². The number of aromatic nitrogens is 2. The molecule has 0 fully saturated rings. The van der Waals surface area contributed by atoms with Gasteiger partial charge in [-0.1, -0.05) is 13.0 Å². The molecule has 0 spiro atoms. The summed E-state index contributed by atoms with van der Waals surface area (Å²) in [7, 11) is 0. The minimum atomic E-state index is -0.0877. The minimum Gasteiger partial charge on any atom is -0.464 e. The van der Waals surface area contributed by atoms with Crippen molar-refractivity contribution in [2.75, 3.05) is 6.54 Å². The number of benzene rings is 1. The van der Waals surface area contributed by atoms with Crippen LogP contribution in [0.15, 0.2) is 38.5 Å². The Morgan fingerprint density at radius 1 is 1.31 bits per heavy atom. The molecular formula is C20H21N3O3. The summed E-state index contributed by atoms with van der Waals surface area (Å²) in [5.41, 5.74) is 3.81. The average molecular weight is 351 g/mol. The van der Waals surface area contributed by atoms with Crippen LogP contribution in [0.4, 0.5) is 0 Å². The van der Waals surface area contributed by atoms with Crippen LogP contribution in [-0.4, -0.2) is 21.4 Å². The monoisotopic (exact) mass is 351 g/mol. The third-order valence-electron chi connectivity index (χ3n) is 4.98. The summed E-state index contributed by atoms with van der Waals surface area (Å²) in [6.45, 7) is 5.56. The van der Waals surface area contributed by atoms with Gasteiger partial charge in [-0.2, -0.15) is 0 Å². The first-order valence-electron chi connectivity index (χ1n) is 8.89. The Kier molecular flexibility index (Phi) is 4.20. The van der Waals surface area contributed by atoms with E-state index in [1.807, 2.05) is 18.2 Å². The molecule has 1 N–H and O–H groups in total. The van der Waals surface area contributed by atoms with Crippen molar-refractivity contribution in [3.63, 3.8) is 0 Å². The van der Waals surface area contributed by atoms with E-state index in [4.69, 9.17) is 4.42 Å². The summed E-state index contributed by atoms with van der Waals surface area (Å²) in [6, 6.07) is 5.74. The fourth-order valence-electron chi connectivity index (χ4n) is 3.53. The van der Waals surface area contributed by atoms with Crippen LogP contribution in [0.25, 0.3) is 11.0 Å². The van der Waals surface area contributed by atoms with E-state index >= 15 is 0 Å². The van der Waals surface area contributed by atoms with Gasteiger partial charge in [-0.3, -0.25) is 14.5 Å². The van der Waals surface area contributed by atoms with Crippen molar-refractivity contribution in [3.8, 4) is 0 Å². The second-order valence-corrected chi connectivity index (χ2v) is 6.81. The summed E-state index contributed by atoms with van der Waals surface area (Å²) in [5.74, 6) is 0.643. The van der Waals surface area contributed by atoms with E-state index in [1.54, 1.807) is 13.2 Å². The summed E-state index contributed by atoms with van der Waals surface area (Å²) in [6.07, 6.45) is 3.13. The van der Waals surface area contributed by atoms with Gasteiger partial charge in [0.25, 0.3) is 5.56 Å². The van der Waals surface area contributed by atoms with Crippen LogP contribution in [0.1, 0.15) is 35.1 Å². The fourth-order valence-corrected chi connectivity index (χ4v) is 3.53. The predicted octanol–water partition coefficient (Wildman–Crippen LogP) is 2.31. The molecule has 3 heterocycles. The number of hydrogen-bond acceptors (Lipinski definition) is 5. The topological polar surface area (TPSA) is 79.2 Å². The molecule has 1 aliphatic heterocycles. The maximum absolute atomic E-state index is 12.9. The highest BCUT2D eigenvalue weighted by Gasteiger charge is 2.22. The lowest BCUT2D eigenvalue weighted by Gasteiger charge is -2.27. The lowest BCUT2D eigenvalue weighted by Crippen LogP contribution is -2.36. The van der Waals surface area contributed by atoms with Gasteiger partial charge in [-0.05, 0) is 31.0 Å². The van der Waals surface area contributed by atoms with Gasteiger partial charge in [0.05, 0.1) is 22.9 Å². The molecular weight excluding hydrogens is 330 g/mol. The zero-order chi connectivity index (χ0) is 18.3. The van der Waals surface area contributed by atoms with Crippen LogP contribution in [-0.2, 0) is 25.9 Å². The maximum Gasteiger partial charge on any atom is 0.255 e. The van der Waals surface area contributed by atoms with Gasteiger partial charge in [0, 0.05) is 31.6 Å². The highest BCUT2D eigenvalue weighted by molar-refractivity contribution is 5.77. The van der Waals surface area contributed by atoms with E-state index in [0.29, 0.717) is 47.4 Å².